The van der Waals surface area contributed by atoms with Crippen molar-refractivity contribution in [2.24, 2.45) is 0 Å². The summed E-state index contributed by atoms with van der Waals surface area (Å²) in [5.74, 6) is 0.195. The van der Waals surface area contributed by atoms with Gasteiger partial charge in [-0.2, -0.15) is 0 Å². The molecule has 6 nitrogen and oxygen atoms in total. The van der Waals surface area contributed by atoms with Crippen molar-refractivity contribution in [1.29, 1.82) is 0 Å². The molecule has 130 valence electrons. The Labute approximate surface area is 143 Å². The van der Waals surface area contributed by atoms with Crippen LogP contribution in [-0.4, -0.2) is 43.8 Å². The SMILES string of the molecule is CC(O)(CO)[C@H]1Cc2c(ccc3c(O)c4c(O)cc(O)cc4cc23)O1. The first-order valence-corrected chi connectivity index (χ1v) is 7.95. The van der Waals surface area contributed by atoms with Gasteiger partial charge in [0.2, 0.25) is 0 Å². The van der Waals surface area contributed by atoms with E-state index < -0.39 is 18.3 Å². The van der Waals surface area contributed by atoms with Crippen LogP contribution in [0.1, 0.15) is 12.5 Å². The van der Waals surface area contributed by atoms with Gasteiger partial charge in [0, 0.05) is 23.4 Å². The molecule has 3 aromatic rings. The van der Waals surface area contributed by atoms with Crippen LogP contribution < -0.4 is 4.74 Å². The number of fused-ring (bicyclic) bond motifs is 4. The van der Waals surface area contributed by atoms with E-state index in [0.29, 0.717) is 28.3 Å². The molecule has 0 radical (unpaired) electrons. The van der Waals surface area contributed by atoms with Crippen LogP contribution in [0.4, 0.5) is 0 Å². The first-order valence-electron chi connectivity index (χ1n) is 7.95. The summed E-state index contributed by atoms with van der Waals surface area (Å²) in [6, 6.07) is 7.80. The van der Waals surface area contributed by atoms with Gasteiger partial charge in [-0.1, -0.05) is 0 Å². The van der Waals surface area contributed by atoms with Gasteiger partial charge >= 0.3 is 0 Å². The van der Waals surface area contributed by atoms with E-state index >= 15 is 0 Å². The summed E-state index contributed by atoms with van der Waals surface area (Å²) < 4.78 is 5.78. The average Bonchev–Trinajstić information content (AvgIpc) is 2.99. The molecule has 0 saturated carbocycles. The largest absolute Gasteiger partial charge is 0.508 e. The monoisotopic (exact) mass is 342 g/mol. The van der Waals surface area contributed by atoms with Crippen molar-refractivity contribution >= 4 is 21.5 Å². The molecule has 2 atom stereocenters. The highest BCUT2D eigenvalue weighted by Crippen LogP contribution is 2.45. The maximum atomic E-state index is 10.6. The Morgan fingerprint density at radius 1 is 1.12 bits per heavy atom. The first kappa shape index (κ1) is 15.8. The summed E-state index contributed by atoms with van der Waals surface area (Å²) in [4.78, 5) is 0. The fourth-order valence-electron chi connectivity index (χ4n) is 3.46. The smallest absolute Gasteiger partial charge is 0.134 e. The summed E-state index contributed by atoms with van der Waals surface area (Å²) in [5, 5.41) is 52.1. The van der Waals surface area contributed by atoms with Crippen molar-refractivity contribution in [2.75, 3.05) is 6.61 Å². The second-order valence-corrected chi connectivity index (χ2v) is 6.75. The van der Waals surface area contributed by atoms with E-state index in [9.17, 15) is 25.5 Å². The van der Waals surface area contributed by atoms with Crippen LogP contribution in [0.25, 0.3) is 21.5 Å². The predicted molar refractivity (Wildman–Crippen MR) is 92.3 cm³/mol. The molecule has 0 bridgehead atoms. The summed E-state index contributed by atoms with van der Waals surface area (Å²) >= 11 is 0. The van der Waals surface area contributed by atoms with E-state index in [2.05, 4.69) is 0 Å². The Morgan fingerprint density at radius 2 is 1.88 bits per heavy atom. The number of rotatable bonds is 2. The summed E-state index contributed by atoms with van der Waals surface area (Å²) in [5.41, 5.74) is -0.586. The average molecular weight is 342 g/mol. The molecule has 1 aliphatic heterocycles. The summed E-state index contributed by atoms with van der Waals surface area (Å²) in [6.07, 6.45) is -0.232. The van der Waals surface area contributed by atoms with Crippen molar-refractivity contribution in [3.63, 3.8) is 0 Å². The maximum Gasteiger partial charge on any atom is 0.134 e. The van der Waals surface area contributed by atoms with E-state index in [4.69, 9.17) is 4.74 Å². The Balaban J connectivity index is 1.97. The number of phenolic OH excluding ortho intramolecular Hbond substituents is 3. The van der Waals surface area contributed by atoms with Gasteiger partial charge in [0.25, 0.3) is 0 Å². The van der Waals surface area contributed by atoms with Gasteiger partial charge in [-0.25, -0.2) is 0 Å². The van der Waals surface area contributed by atoms with Crippen molar-refractivity contribution in [3.8, 4) is 23.0 Å². The maximum absolute atomic E-state index is 10.6. The van der Waals surface area contributed by atoms with Crippen LogP contribution in [0.2, 0.25) is 0 Å². The van der Waals surface area contributed by atoms with Crippen LogP contribution >= 0.6 is 0 Å². The number of hydrogen-bond donors (Lipinski definition) is 5. The first-order chi connectivity index (χ1) is 11.8. The number of benzene rings is 3. The van der Waals surface area contributed by atoms with Crippen molar-refractivity contribution in [1.82, 2.24) is 0 Å². The second-order valence-electron chi connectivity index (χ2n) is 6.75. The molecule has 25 heavy (non-hydrogen) atoms. The van der Waals surface area contributed by atoms with Gasteiger partial charge in [0.15, 0.2) is 0 Å². The minimum Gasteiger partial charge on any atom is -0.508 e. The predicted octanol–water partition coefficient (Wildman–Crippen LogP) is 2.16. The zero-order chi connectivity index (χ0) is 17.9. The standard InChI is InChI=1S/C19H18O6/c1-19(24,8-20)16-7-13-12-5-9-4-10(21)6-14(22)17(9)18(23)11(12)2-3-15(13)25-16/h2-6,16,20-24H,7-8H2,1H3/t16-,19?/m1/s1. The molecule has 0 amide bonds. The van der Waals surface area contributed by atoms with Gasteiger partial charge < -0.3 is 30.3 Å². The molecule has 0 spiro atoms. The van der Waals surface area contributed by atoms with E-state index in [0.717, 1.165) is 5.56 Å². The Bertz CT molecular complexity index is 1010. The number of aliphatic hydroxyl groups excluding tert-OH is 1. The van der Waals surface area contributed by atoms with Gasteiger partial charge in [-0.05, 0) is 42.0 Å². The molecular formula is C19H18O6. The minimum absolute atomic E-state index is 0.0785. The zero-order valence-corrected chi connectivity index (χ0v) is 13.5. The Kier molecular flexibility index (Phi) is 3.25. The zero-order valence-electron chi connectivity index (χ0n) is 13.5. The molecule has 1 unspecified atom stereocenters. The van der Waals surface area contributed by atoms with E-state index in [1.165, 1.54) is 19.1 Å². The van der Waals surface area contributed by atoms with Crippen molar-refractivity contribution in [2.45, 2.75) is 25.0 Å². The van der Waals surface area contributed by atoms with Gasteiger partial charge in [-0.15, -0.1) is 0 Å². The van der Waals surface area contributed by atoms with Gasteiger partial charge in [0.1, 0.15) is 34.7 Å². The molecule has 6 heteroatoms. The lowest BCUT2D eigenvalue weighted by atomic mass is 9.92. The molecule has 1 heterocycles. The molecule has 0 fully saturated rings. The number of ether oxygens (including phenoxy) is 1. The number of aliphatic hydroxyl groups is 2. The molecule has 1 aliphatic rings. The lowest BCUT2D eigenvalue weighted by Gasteiger charge is -2.26. The molecular weight excluding hydrogens is 324 g/mol. The lowest BCUT2D eigenvalue weighted by Crippen LogP contribution is -2.45. The molecule has 4 rings (SSSR count). The van der Waals surface area contributed by atoms with Crippen LogP contribution in [-0.2, 0) is 6.42 Å². The van der Waals surface area contributed by atoms with Crippen molar-refractivity contribution in [3.05, 3.63) is 35.9 Å². The van der Waals surface area contributed by atoms with Crippen LogP contribution in [0.5, 0.6) is 23.0 Å². The van der Waals surface area contributed by atoms with E-state index in [1.54, 1.807) is 18.2 Å². The van der Waals surface area contributed by atoms with E-state index in [-0.39, 0.29) is 22.6 Å². The minimum atomic E-state index is -1.39. The quantitative estimate of drug-likeness (QED) is 0.457. The molecule has 3 aromatic carbocycles. The normalized spacial score (nSPS) is 18.9. The third kappa shape index (κ3) is 2.26. The number of aromatic hydroxyl groups is 3. The van der Waals surface area contributed by atoms with Crippen LogP contribution in [0, 0.1) is 0 Å². The van der Waals surface area contributed by atoms with Gasteiger partial charge in [-0.3, -0.25) is 0 Å². The van der Waals surface area contributed by atoms with Crippen LogP contribution in [0.3, 0.4) is 0 Å². The summed E-state index contributed by atoms with van der Waals surface area (Å²) in [7, 11) is 0. The number of hydrogen-bond acceptors (Lipinski definition) is 6. The Hall–Kier alpha value is -2.70. The van der Waals surface area contributed by atoms with E-state index in [1.807, 2.05) is 0 Å². The summed E-state index contributed by atoms with van der Waals surface area (Å²) in [6.45, 7) is 1.08. The molecule has 0 saturated heterocycles. The van der Waals surface area contributed by atoms with Gasteiger partial charge in [0.05, 0.1) is 12.0 Å². The third-order valence-corrected chi connectivity index (χ3v) is 4.91. The second kappa shape index (κ2) is 5.15. The third-order valence-electron chi connectivity index (χ3n) is 4.91. The van der Waals surface area contributed by atoms with Crippen LogP contribution in [0.15, 0.2) is 30.3 Å². The van der Waals surface area contributed by atoms with Crippen molar-refractivity contribution < 1.29 is 30.3 Å². The fourth-order valence-corrected chi connectivity index (χ4v) is 3.46. The molecule has 0 aromatic heterocycles. The molecule has 0 aliphatic carbocycles. The fraction of sp³-hybridized carbons (Fsp3) is 0.263. The highest BCUT2D eigenvalue weighted by atomic mass is 16.5. The topological polar surface area (TPSA) is 110 Å². The lowest BCUT2D eigenvalue weighted by molar-refractivity contribution is -0.0729. The molecule has 5 N–H and O–H groups in total. The number of phenols is 3. The highest BCUT2D eigenvalue weighted by Gasteiger charge is 2.39. The Morgan fingerprint density at radius 3 is 2.60 bits per heavy atom. The highest BCUT2D eigenvalue weighted by molar-refractivity contribution is 6.09.